The van der Waals surface area contributed by atoms with Gasteiger partial charge < -0.3 is 34.2 Å². The molecule has 1 rings (SSSR count). The van der Waals surface area contributed by atoms with Crippen molar-refractivity contribution in [2.45, 2.75) is 192 Å². The Morgan fingerprint density at radius 2 is 1.34 bits per heavy atom. The number of aliphatic hydroxyl groups excluding tert-OH is 3. The first-order valence-corrected chi connectivity index (χ1v) is 24.5. The Bertz CT molecular complexity index is 1140. The van der Waals surface area contributed by atoms with E-state index < -0.39 is 32.2 Å². The molecule has 0 heterocycles. The monoisotopic (exact) mass is 845 g/mol. The van der Waals surface area contributed by atoms with E-state index in [1.54, 1.807) is 12.3 Å². The van der Waals surface area contributed by atoms with Crippen LogP contribution >= 0.6 is 7.82 Å². The number of esters is 1. The zero-order valence-corrected chi connectivity index (χ0v) is 38.3. The summed E-state index contributed by atoms with van der Waals surface area (Å²) in [5.41, 5.74) is 0. The lowest BCUT2D eigenvalue weighted by Gasteiger charge is -2.24. The molecule has 4 N–H and O–H groups in total. The molecule has 1 fully saturated rings. The van der Waals surface area contributed by atoms with Crippen LogP contribution in [0.2, 0.25) is 0 Å². The molecule has 1 aliphatic rings. The summed E-state index contributed by atoms with van der Waals surface area (Å²) in [6.07, 6.45) is 33.4. The fourth-order valence-corrected chi connectivity index (χ4v) is 7.90. The normalized spacial score (nSPS) is 21.0. The van der Waals surface area contributed by atoms with Gasteiger partial charge in [0.15, 0.2) is 6.10 Å². The van der Waals surface area contributed by atoms with Crippen molar-refractivity contribution in [3.8, 4) is 0 Å². The van der Waals surface area contributed by atoms with E-state index in [1.807, 2.05) is 33.3 Å². The predicted molar refractivity (Wildman–Crippen MR) is 235 cm³/mol. The average Bonchev–Trinajstić information content (AvgIpc) is 3.44. The lowest BCUT2D eigenvalue weighted by molar-refractivity contribution is -0.870. The SMILES string of the molecule is CCCCCCCC/C=C\CCCCCC/C=C/O[C@H](COC(=O)CCCCCC[C@@H]1[C@@H](/C=C/[C@@H](O)CCCCC)[C@H](O)C[C@@H]1O)COP(=O)(O)OCC[N+](C)(C)C. The number of unbranched alkanes of at least 4 members (excludes halogenated alkanes) is 16. The highest BCUT2D eigenvalue weighted by atomic mass is 31.2. The van der Waals surface area contributed by atoms with Crippen LogP contribution in [0, 0.1) is 11.8 Å². The molecular formula is C46H87NO10P+. The molecule has 58 heavy (non-hydrogen) atoms. The molecule has 340 valence electrons. The molecule has 0 aliphatic heterocycles. The van der Waals surface area contributed by atoms with Crippen LogP contribution in [0.3, 0.4) is 0 Å². The Hall–Kier alpha value is -1.56. The second kappa shape index (κ2) is 34.1. The zero-order valence-electron chi connectivity index (χ0n) is 37.4. The number of rotatable bonds is 38. The minimum atomic E-state index is -4.32. The van der Waals surface area contributed by atoms with Crippen molar-refractivity contribution in [3.05, 3.63) is 36.6 Å². The van der Waals surface area contributed by atoms with Gasteiger partial charge in [-0.1, -0.05) is 122 Å². The van der Waals surface area contributed by atoms with Crippen LogP contribution in [0.15, 0.2) is 36.6 Å². The van der Waals surface area contributed by atoms with Crippen LogP contribution in [0.25, 0.3) is 0 Å². The van der Waals surface area contributed by atoms with E-state index in [4.69, 9.17) is 18.5 Å². The maximum absolute atomic E-state index is 12.6. The number of hydrogen-bond acceptors (Lipinski definition) is 9. The van der Waals surface area contributed by atoms with Gasteiger partial charge in [-0.15, -0.1) is 0 Å². The number of aliphatic hydroxyl groups is 3. The molecular weight excluding hydrogens is 757 g/mol. The highest BCUT2D eigenvalue weighted by Crippen LogP contribution is 2.43. The molecule has 0 aromatic carbocycles. The van der Waals surface area contributed by atoms with Crippen LogP contribution in [-0.4, -0.2) is 103 Å². The molecule has 0 aromatic rings. The Morgan fingerprint density at radius 3 is 2.00 bits per heavy atom. The number of hydrogen-bond donors (Lipinski definition) is 4. The Morgan fingerprint density at radius 1 is 0.759 bits per heavy atom. The number of quaternary nitrogens is 1. The minimum Gasteiger partial charge on any atom is -0.492 e. The third kappa shape index (κ3) is 30.5. The van der Waals surface area contributed by atoms with Gasteiger partial charge in [-0.05, 0) is 69.8 Å². The maximum atomic E-state index is 12.6. The molecule has 11 nitrogen and oxygen atoms in total. The largest absolute Gasteiger partial charge is 0.492 e. The summed E-state index contributed by atoms with van der Waals surface area (Å²) in [6, 6.07) is 0. The average molecular weight is 845 g/mol. The van der Waals surface area contributed by atoms with E-state index >= 15 is 0 Å². The van der Waals surface area contributed by atoms with Gasteiger partial charge in [-0.25, -0.2) is 4.57 Å². The quantitative estimate of drug-likeness (QED) is 0.0118. The number of ether oxygens (including phenoxy) is 2. The summed E-state index contributed by atoms with van der Waals surface area (Å²) < 4.78 is 34.8. The van der Waals surface area contributed by atoms with Gasteiger partial charge >= 0.3 is 13.8 Å². The van der Waals surface area contributed by atoms with Gasteiger partial charge in [0, 0.05) is 18.8 Å². The number of likely N-dealkylation sites (N-methyl/N-ethyl adjacent to an activating group) is 1. The van der Waals surface area contributed by atoms with Crippen molar-refractivity contribution in [2.24, 2.45) is 11.8 Å². The first-order valence-electron chi connectivity index (χ1n) is 23.0. The van der Waals surface area contributed by atoms with Crippen LogP contribution < -0.4 is 0 Å². The van der Waals surface area contributed by atoms with Crippen molar-refractivity contribution >= 4 is 13.8 Å². The molecule has 0 radical (unpaired) electrons. The topological polar surface area (TPSA) is 152 Å². The molecule has 0 bridgehead atoms. The first-order chi connectivity index (χ1) is 27.8. The molecule has 12 heteroatoms. The van der Waals surface area contributed by atoms with Crippen LogP contribution in [0.1, 0.15) is 168 Å². The third-order valence-electron chi connectivity index (χ3n) is 10.9. The maximum Gasteiger partial charge on any atom is 0.472 e. The number of nitrogens with zero attached hydrogens (tertiary/aromatic N) is 1. The van der Waals surface area contributed by atoms with Crippen LogP contribution in [-0.2, 0) is 27.9 Å². The lowest BCUT2D eigenvalue weighted by atomic mass is 9.88. The van der Waals surface area contributed by atoms with Crippen molar-refractivity contribution in [1.29, 1.82) is 0 Å². The highest BCUT2D eigenvalue weighted by molar-refractivity contribution is 7.47. The van der Waals surface area contributed by atoms with Gasteiger partial charge in [-0.3, -0.25) is 13.8 Å². The third-order valence-corrected chi connectivity index (χ3v) is 11.8. The van der Waals surface area contributed by atoms with E-state index in [0.29, 0.717) is 30.3 Å². The van der Waals surface area contributed by atoms with Crippen LogP contribution in [0.4, 0.5) is 0 Å². The second-order valence-corrected chi connectivity index (χ2v) is 18.9. The zero-order chi connectivity index (χ0) is 42.9. The van der Waals surface area contributed by atoms with E-state index in [1.165, 1.54) is 57.8 Å². The summed E-state index contributed by atoms with van der Waals surface area (Å²) >= 11 is 0. The number of allylic oxidation sites excluding steroid dienone is 3. The number of carbonyl (C=O) groups excluding carboxylic acids is 1. The molecule has 1 unspecified atom stereocenters. The summed E-state index contributed by atoms with van der Waals surface area (Å²) in [4.78, 5) is 22.9. The highest BCUT2D eigenvalue weighted by Gasteiger charge is 2.39. The van der Waals surface area contributed by atoms with Gasteiger partial charge in [0.1, 0.15) is 19.8 Å². The van der Waals surface area contributed by atoms with E-state index in [0.717, 1.165) is 70.6 Å². The predicted octanol–water partition coefficient (Wildman–Crippen LogP) is 10.1. The molecule has 0 spiro atoms. The molecule has 1 saturated carbocycles. The molecule has 0 saturated heterocycles. The van der Waals surface area contributed by atoms with Crippen molar-refractivity contribution < 1.29 is 52.6 Å². The number of phosphoric ester groups is 1. The summed E-state index contributed by atoms with van der Waals surface area (Å²) in [6.45, 7) is 4.55. The van der Waals surface area contributed by atoms with Crippen molar-refractivity contribution in [1.82, 2.24) is 0 Å². The molecule has 0 amide bonds. The molecule has 1 aliphatic carbocycles. The Balaban J connectivity index is 2.43. The van der Waals surface area contributed by atoms with Crippen LogP contribution in [0.5, 0.6) is 0 Å². The fraction of sp³-hybridized carbons (Fsp3) is 0.848. The van der Waals surface area contributed by atoms with E-state index in [2.05, 4.69) is 26.0 Å². The second-order valence-electron chi connectivity index (χ2n) is 17.5. The fourth-order valence-electron chi connectivity index (χ4n) is 7.16. The summed E-state index contributed by atoms with van der Waals surface area (Å²) in [5, 5.41) is 31.4. The van der Waals surface area contributed by atoms with Crippen molar-refractivity contribution in [3.63, 3.8) is 0 Å². The summed E-state index contributed by atoms with van der Waals surface area (Å²) in [7, 11) is 1.55. The van der Waals surface area contributed by atoms with Gasteiger partial charge in [0.05, 0.1) is 52.3 Å². The van der Waals surface area contributed by atoms with Crippen molar-refractivity contribution in [2.75, 3.05) is 47.5 Å². The number of carbonyl (C=O) groups is 1. The smallest absolute Gasteiger partial charge is 0.472 e. The first kappa shape index (κ1) is 54.5. The minimum absolute atomic E-state index is 0.0529. The molecule has 0 aromatic heterocycles. The summed E-state index contributed by atoms with van der Waals surface area (Å²) in [5.74, 6) is -0.601. The van der Waals surface area contributed by atoms with E-state index in [-0.39, 0.29) is 44.0 Å². The Kier molecular flexibility index (Phi) is 32.0. The van der Waals surface area contributed by atoms with Gasteiger partial charge in [0.25, 0.3) is 0 Å². The van der Waals surface area contributed by atoms with Gasteiger partial charge in [-0.2, -0.15) is 0 Å². The Labute approximate surface area is 353 Å². The van der Waals surface area contributed by atoms with E-state index in [9.17, 15) is 29.6 Å². The molecule has 7 atom stereocenters. The van der Waals surface area contributed by atoms with Gasteiger partial charge in [0.2, 0.25) is 0 Å². The standard InChI is InChI=1S/C46H86NO10P/c1-6-8-10-11-12-13-14-15-16-17-18-19-20-21-24-28-35-54-41(39-57-58(52,53)56-36-34-47(3,4)5)38-55-46(51)31-27-23-22-26-30-42-43(45(50)37-44(42)49)33-32-40(48)29-25-9-7-2/h15-16,28,32-33,35,40-45,48-50H,6-14,17-27,29-31,34,36-39H2,1-5H3/p+1/b16-15-,33-32+,35-28+/t40-,41+,42+,43+,44-,45+/m0/s1. The number of phosphoric acid groups is 1. The lowest BCUT2D eigenvalue weighted by Crippen LogP contribution is -2.37.